The van der Waals surface area contributed by atoms with Crippen LogP contribution in [0.3, 0.4) is 0 Å². The van der Waals surface area contributed by atoms with Crippen molar-refractivity contribution in [2.24, 2.45) is 5.73 Å². The normalized spacial score (nSPS) is 13.9. The van der Waals surface area contributed by atoms with Crippen LogP contribution in [-0.2, 0) is 5.54 Å². The molecule has 100 valence electrons. The van der Waals surface area contributed by atoms with Gasteiger partial charge < -0.3 is 10.6 Å². The van der Waals surface area contributed by atoms with E-state index in [1.807, 2.05) is 18.2 Å². The monoisotopic (exact) mass is 254 g/mol. The Morgan fingerprint density at radius 2 is 1.58 bits per heavy atom. The summed E-state index contributed by atoms with van der Waals surface area (Å²) in [7, 11) is 2.08. The Labute approximate surface area is 115 Å². The smallest absolute Gasteiger partial charge is 0.0558 e. The Balaban J connectivity index is 2.14. The summed E-state index contributed by atoms with van der Waals surface area (Å²) >= 11 is 0. The maximum atomic E-state index is 6.46. The van der Waals surface area contributed by atoms with Gasteiger partial charge >= 0.3 is 0 Å². The van der Waals surface area contributed by atoms with E-state index in [9.17, 15) is 0 Å². The first-order valence-corrected chi connectivity index (χ1v) is 6.61. The van der Waals surface area contributed by atoms with Gasteiger partial charge in [-0.2, -0.15) is 0 Å². The summed E-state index contributed by atoms with van der Waals surface area (Å²) in [6.45, 7) is 4.95. The van der Waals surface area contributed by atoms with Gasteiger partial charge in [0.1, 0.15) is 0 Å². The number of hydrogen-bond donors (Lipinski definition) is 1. The van der Waals surface area contributed by atoms with Crippen LogP contribution >= 0.6 is 0 Å². The summed E-state index contributed by atoms with van der Waals surface area (Å²) in [5.41, 5.74) is 9.73. The molecule has 2 aromatic rings. The molecule has 2 heteroatoms. The standard InChI is InChI=1S/C17H22N2/c1-14-9-11-16(12-10-14)19(3)13-17(2,18)15-7-5-4-6-8-15/h4-12H,13,18H2,1-3H3. The van der Waals surface area contributed by atoms with Crippen molar-refractivity contribution in [3.05, 3.63) is 65.7 Å². The molecular weight excluding hydrogens is 232 g/mol. The van der Waals surface area contributed by atoms with Crippen LogP contribution in [0, 0.1) is 6.92 Å². The molecule has 0 heterocycles. The lowest BCUT2D eigenvalue weighted by Gasteiger charge is -2.32. The van der Waals surface area contributed by atoms with Crippen molar-refractivity contribution < 1.29 is 0 Å². The van der Waals surface area contributed by atoms with Gasteiger partial charge in [-0.15, -0.1) is 0 Å². The van der Waals surface area contributed by atoms with E-state index >= 15 is 0 Å². The Kier molecular flexibility index (Phi) is 3.91. The maximum Gasteiger partial charge on any atom is 0.0558 e. The number of likely N-dealkylation sites (N-methyl/N-ethyl adjacent to an activating group) is 1. The molecule has 0 aliphatic carbocycles. The molecule has 1 atom stereocenters. The van der Waals surface area contributed by atoms with Gasteiger partial charge in [0.2, 0.25) is 0 Å². The largest absolute Gasteiger partial charge is 0.372 e. The van der Waals surface area contributed by atoms with Crippen molar-refractivity contribution in [3.63, 3.8) is 0 Å². The predicted molar refractivity (Wildman–Crippen MR) is 82.4 cm³/mol. The van der Waals surface area contributed by atoms with Gasteiger partial charge in [0.25, 0.3) is 0 Å². The summed E-state index contributed by atoms with van der Waals surface area (Å²) in [5, 5.41) is 0. The molecule has 2 aromatic carbocycles. The average Bonchev–Trinajstić information content (AvgIpc) is 2.40. The summed E-state index contributed by atoms with van der Waals surface area (Å²) in [6.07, 6.45) is 0. The van der Waals surface area contributed by atoms with Gasteiger partial charge in [0, 0.05) is 19.3 Å². The van der Waals surface area contributed by atoms with Crippen LogP contribution < -0.4 is 10.6 Å². The minimum Gasteiger partial charge on any atom is -0.372 e. The SMILES string of the molecule is Cc1ccc(N(C)CC(C)(N)c2ccccc2)cc1. The molecule has 2 N–H and O–H groups in total. The molecule has 1 unspecified atom stereocenters. The van der Waals surface area contributed by atoms with E-state index in [0.29, 0.717) is 0 Å². The lowest BCUT2D eigenvalue weighted by atomic mass is 9.92. The maximum absolute atomic E-state index is 6.46. The fraction of sp³-hybridized carbons (Fsp3) is 0.294. The number of rotatable bonds is 4. The summed E-state index contributed by atoms with van der Waals surface area (Å²) in [5.74, 6) is 0. The molecule has 0 bridgehead atoms. The Morgan fingerprint density at radius 3 is 2.16 bits per heavy atom. The highest BCUT2D eigenvalue weighted by atomic mass is 15.1. The van der Waals surface area contributed by atoms with E-state index in [1.54, 1.807) is 0 Å². The number of anilines is 1. The summed E-state index contributed by atoms with van der Waals surface area (Å²) in [4.78, 5) is 2.20. The molecule has 0 fully saturated rings. The van der Waals surface area contributed by atoms with Crippen molar-refractivity contribution >= 4 is 5.69 Å². The molecule has 2 rings (SSSR count). The average molecular weight is 254 g/mol. The van der Waals surface area contributed by atoms with Crippen molar-refractivity contribution in [2.45, 2.75) is 19.4 Å². The van der Waals surface area contributed by atoms with Gasteiger partial charge in [-0.3, -0.25) is 0 Å². The molecule has 0 amide bonds. The van der Waals surface area contributed by atoms with E-state index < -0.39 is 0 Å². The van der Waals surface area contributed by atoms with E-state index in [2.05, 4.69) is 62.2 Å². The molecule has 0 saturated heterocycles. The van der Waals surface area contributed by atoms with Crippen LogP contribution in [0.15, 0.2) is 54.6 Å². The van der Waals surface area contributed by atoms with E-state index in [-0.39, 0.29) is 5.54 Å². The fourth-order valence-electron chi connectivity index (χ4n) is 2.29. The third kappa shape index (κ3) is 3.36. The number of hydrogen-bond acceptors (Lipinski definition) is 2. The number of aryl methyl sites for hydroxylation is 1. The molecule has 0 saturated carbocycles. The molecule has 2 nitrogen and oxygen atoms in total. The second kappa shape index (κ2) is 5.45. The van der Waals surface area contributed by atoms with Crippen LogP contribution in [0.5, 0.6) is 0 Å². The van der Waals surface area contributed by atoms with Crippen LogP contribution in [0.4, 0.5) is 5.69 Å². The van der Waals surface area contributed by atoms with Crippen LogP contribution in [0.2, 0.25) is 0 Å². The molecule has 19 heavy (non-hydrogen) atoms. The van der Waals surface area contributed by atoms with Crippen molar-refractivity contribution in [2.75, 3.05) is 18.5 Å². The van der Waals surface area contributed by atoms with Crippen molar-refractivity contribution in [1.29, 1.82) is 0 Å². The molecular formula is C17H22N2. The number of nitrogens with zero attached hydrogens (tertiary/aromatic N) is 1. The first-order valence-electron chi connectivity index (χ1n) is 6.61. The zero-order valence-electron chi connectivity index (χ0n) is 11.9. The molecule has 0 spiro atoms. The summed E-state index contributed by atoms with van der Waals surface area (Å²) in [6, 6.07) is 18.8. The predicted octanol–water partition coefficient (Wildman–Crippen LogP) is 3.31. The molecule has 0 radical (unpaired) electrons. The first kappa shape index (κ1) is 13.6. The van der Waals surface area contributed by atoms with Crippen molar-refractivity contribution in [1.82, 2.24) is 0 Å². The van der Waals surface area contributed by atoms with E-state index in [0.717, 1.165) is 12.1 Å². The van der Waals surface area contributed by atoms with Crippen LogP contribution in [0.1, 0.15) is 18.1 Å². The van der Waals surface area contributed by atoms with E-state index in [1.165, 1.54) is 11.3 Å². The number of nitrogens with two attached hydrogens (primary N) is 1. The lowest BCUT2D eigenvalue weighted by Crippen LogP contribution is -2.44. The highest BCUT2D eigenvalue weighted by Gasteiger charge is 2.22. The molecule has 0 aliphatic rings. The zero-order valence-corrected chi connectivity index (χ0v) is 11.9. The Morgan fingerprint density at radius 1 is 1.00 bits per heavy atom. The fourth-order valence-corrected chi connectivity index (χ4v) is 2.29. The number of benzene rings is 2. The van der Waals surface area contributed by atoms with Gasteiger partial charge in [-0.25, -0.2) is 0 Å². The molecule has 0 aliphatic heterocycles. The van der Waals surface area contributed by atoms with E-state index in [4.69, 9.17) is 5.73 Å². The second-order valence-electron chi connectivity index (χ2n) is 5.48. The molecule has 0 aromatic heterocycles. The first-order chi connectivity index (χ1) is 8.99. The lowest BCUT2D eigenvalue weighted by molar-refractivity contribution is 0.495. The topological polar surface area (TPSA) is 29.3 Å². The van der Waals surface area contributed by atoms with Gasteiger partial charge in [-0.1, -0.05) is 48.0 Å². The third-order valence-corrected chi connectivity index (χ3v) is 3.47. The Bertz CT molecular complexity index is 515. The summed E-state index contributed by atoms with van der Waals surface area (Å²) < 4.78 is 0. The second-order valence-corrected chi connectivity index (χ2v) is 5.48. The zero-order chi connectivity index (χ0) is 13.9. The Hall–Kier alpha value is -1.80. The quantitative estimate of drug-likeness (QED) is 0.907. The minimum absolute atomic E-state index is 0.360. The van der Waals surface area contributed by atoms with Crippen LogP contribution in [0.25, 0.3) is 0 Å². The van der Waals surface area contributed by atoms with Gasteiger partial charge in [0.05, 0.1) is 5.54 Å². The highest BCUT2D eigenvalue weighted by Crippen LogP contribution is 2.22. The van der Waals surface area contributed by atoms with Crippen LogP contribution in [-0.4, -0.2) is 13.6 Å². The third-order valence-electron chi connectivity index (χ3n) is 3.47. The van der Waals surface area contributed by atoms with Crippen molar-refractivity contribution in [3.8, 4) is 0 Å². The van der Waals surface area contributed by atoms with Gasteiger partial charge in [-0.05, 0) is 31.5 Å². The van der Waals surface area contributed by atoms with Gasteiger partial charge in [0.15, 0.2) is 0 Å². The highest BCUT2D eigenvalue weighted by molar-refractivity contribution is 5.47. The minimum atomic E-state index is -0.360.